The summed E-state index contributed by atoms with van der Waals surface area (Å²) in [5.41, 5.74) is 5.43. The molecule has 2 aromatic carbocycles. The summed E-state index contributed by atoms with van der Waals surface area (Å²) in [6.45, 7) is 0.454. The molecule has 5 aromatic rings. The molecule has 0 bridgehead atoms. The molecular formula is C32H32N10O. The van der Waals surface area contributed by atoms with Crippen LogP contribution in [0, 0.1) is 11.3 Å². The third-order valence-corrected chi connectivity index (χ3v) is 7.74. The van der Waals surface area contributed by atoms with Gasteiger partial charge in [0.1, 0.15) is 17.5 Å². The molecule has 3 N–H and O–H groups in total. The first-order valence-corrected chi connectivity index (χ1v) is 14.3. The molecule has 0 atom stereocenters. The Bertz CT molecular complexity index is 1700. The average molecular weight is 573 g/mol. The van der Waals surface area contributed by atoms with Crippen LogP contribution < -0.4 is 15.5 Å². The number of benzene rings is 2. The maximum Gasteiger partial charge on any atom is 0.322 e. The highest BCUT2D eigenvalue weighted by Gasteiger charge is 2.30. The number of hydrogen-bond donors (Lipinski definition) is 3. The van der Waals surface area contributed by atoms with E-state index in [1.54, 1.807) is 16.9 Å². The zero-order valence-corrected chi connectivity index (χ0v) is 23.8. The zero-order chi connectivity index (χ0) is 29.6. The summed E-state index contributed by atoms with van der Waals surface area (Å²) in [7, 11) is 1.90. The van der Waals surface area contributed by atoms with Crippen molar-refractivity contribution in [3.63, 3.8) is 0 Å². The zero-order valence-electron chi connectivity index (χ0n) is 23.8. The molecule has 0 unspecified atom stereocenters. The minimum absolute atomic E-state index is 0.0274. The van der Waals surface area contributed by atoms with E-state index in [2.05, 4.69) is 42.0 Å². The van der Waals surface area contributed by atoms with Crippen molar-refractivity contribution in [1.29, 1.82) is 5.26 Å². The van der Waals surface area contributed by atoms with Gasteiger partial charge in [-0.2, -0.15) is 15.5 Å². The number of nitriles is 1. The summed E-state index contributed by atoms with van der Waals surface area (Å²) in [4.78, 5) is 24.6. The molecule has 1 fully saturated rings. The highest BCUT2D eigenvalue weighted by Crippen LogP contribution is 2.31. The monoisotopic (exact) mass is 572 g/mol. The lowest BCUT2D eigenvalue weighted by Crippen LogP contribution is -2.48. The smallest absolute Gasteiger partial charge is 0.322 e. The van der Waals surface area contributed by atoms with Crippen LogP contribution in [-0.2, 0) is 13.6 Å². The van der Waals surface area contributed by atoms with Crippen LogP contribution in [0.4, 0.5) is 16.4 Å². The molecule has 3 aromatic heterocycles. The maximum atomic E-state index is 13.7. The van der Waals surface area contributed by atoms with Crippen LogP contribution in [0.25, 0.3) is 22.5 Å². The summed E-state index contributed by atoms with van der Waals surface area (Å²) in [5.74, 6) is 0.462. The van der Waals surface area contributed by atoms with Crippen molar-refractivity contribution in [3.8, 4) is 28.6 Å². The molecule has 3 heterocycles. The number of carbonyl (C=O) groups is 1. The van der Waals surface area contributed by atoms with Gasteiger partial charge in [0.05, 0.1) is 18.0 Å². The van der Waals surface area contributed by atoms with Gasteiger partial charge in [0, 0.05) is 49.3 Å². The molecule has 2 amide bonds. The standard InChI is InChI=1S/C32H32N10O/c1-41-21-25(20-37-41)23-7-11-27(12-8-23)42(32(43)35-18-22-5-3-2-4-6-22)28-13-9-26(10-14-28)38-31-34-19-24(17-33)30(39-31)29-15-16-36-40-29/h2-8,11-12,15-16,19-21,26,28H,9-10,13-14,18H2,1H3,(H,35,43)(H,36,40)(H,34,38,39)/t26-,28-. The number of amides is 2. The third-order valence-electron chi connectivity index (χ3n) is 7.74. The predicted molar refractivity (Wildman–Crippen MR) is 164 cm³/mol. The van der Waals surface area contributed by atoms with Gasteiger partial charge in [0.25, 0.3) is 0 Å². The van der Waals surface area contributed by atoms with Crippen molar-refractivity contribution in [3.05, 3.63) is 96.6 Å². The second kappa shape index (κ2) is 12.6. The lowest BCUT2D eigenvalue weighted by atomic mass is 9.90. The average Bonchev–Trinajstić information content (AvgIpc) is 3.74. The fraction of sp³-hybridized carbons (Fsp3) is 0.250. The summed E-state index contributed by atoms with van der Waals surface area (Å²) in [6, 6.07) is 22.0. The van der Waals surface area contributed by atoms with Crippen molar-refractivity contribution < 1.29 is 4.79 Å². The first kappa shape index (κ1) is 27.7. The minimum Gasteiger partial charge on any atom is -0.351 e. The van der Waals surface area contributed by atoms with Crippen molar-refractivity contribution in [2.45, 2.75) is 44.3 Å². The van der Waals surface area contributed by atoms with Crippen molar-refractivity contribution >= 4 is 17.7 Å². The lowest BCUT2D eigenvalue weighted by molar-refractivity contribution is 0.240. The van der Waals surface area contributed by atoms with Crippen LogP contribution in [-0.4, -0.2) is 48.1 Å². The van der Waals surface area contributed by atoms with E-state index in [-0.39, 0.29) is 18.1 Å². The number of hydrogen-bond acceptors (Lipinski definition) is 7. The molecule has 0 spiro atoms. The Balaban J connectivity index is 1.16. The molecule has 6 rings (SSSR count). The summed E-state index contributed by atoms with van der Waals surface area (Å²) in [6.07, 6.45) is 10.3. The predicted octanol–water partition coefficient (Wildman–Crippen LogP) is 5.28. The number of aromatic nitrogens is 6. The fourth-order valence-corrected chi connectivity index (χ4v) is 5.52. The molecule has 1 aliphatic rings. The van der Waals surface area contributed by atoms with Crippen LogP contribution >= 0.6 is 0 Å². The van der Waals surface area contributed by atoms with E-state index in [0.29, 0.717) is 29.4 Å². The summed E-state index contributed by atoms with van der Waals surface area (Å²) in [5, 5.41) is 27.3. The van der Waals surface area contributed by atoms with Gasteiger partial charge >= 0.3 is 6.03 Å². The van der Waals surface area contributed by atoms with E-state index in [1.807, 2.05) is 78.9 Å². The van der Waals surface area contributed by atoms with E-state index in [0.717, 1.165) is 48.1 Å². The Morgan fingerprint density at radius 1 is 1.05 bits per heavy atom. The highest BCUT2D eigenvalue weighted by atomic mass is 16.2. The Labute approximate surface area is 249 Å². The first-order chi connectivity index (χ1) is 21.1. The number of anilines is 2. The van der Waals surface area contributed by atoms with Crippen molar-refractivity contribution in [1.82, 2.24) is 35.3 Å². The molecule has 216 valence electrons. The molecule has 43 heavy (non-hydrogen) atoms. The molecule has 1 aliphatic carbocycles. The van der Waals surface area contributed by atoms with Crippen LogP contribution in [0.5, 0.6) is 0 Å². The topological polar surface area (TPSA) is 140 Å². The van der Waals surface area contributed by atoms with Gasteiger partial charge in [-0.1, -0.05) is 42.5 Å². The van der Waals surface area contributed by atoms with E-state index in [4.69, 9.17) is 0 Å². The molecule has 0 radical (unpaired) electrons. The van der Waals surface area contributed by atoms with E-state index in [1.165, 1.54) is 6.20 Å². The maximum absolute atomic E-state index is 13.7. The molecule has 11 nitrogen and oxygen atoms in total. The Hall–Kier alpha value is -5.50. The minimum atomic E-state index is -0.117. The van der Waals surface area contributed by atoms with E-state index >= 15 is 0 Å². The van der Waals surface area contributed by atoms with Gasteiger partial charge in [0.2, 0.25) is 5.95 Å². The first-order valence-electron chi connectivity index (χ1n) is 14.3. The van der Waals surface area contributed by atoms with Gasteiger partial charge in [-0.25, -0.2) is 14.8 Å². The number of aromatic amines is 1. The number of nitrogens with one attached hydrogen (secondary N) is 3. The number of H-pyrrole nitrogens is 1. The number of rotatable bonds is 8. The van der Waals surface area contributed by atoms with Crippen LogP contribution in [0.15, 0.2) is 85.5 Å². The Morgan fingerprint density at radius 3 is 2.51 bits per heavy atom. The molecule has 0 saturated heterocycles. The highest BCUT2D eigenvalue weighted by molar-refractivity contribution is 5.93. The Morgan fingerprint density at radius 2 is 1.84 bits per heavy atom. The van der Waals surface area contributed by atoms with Gasteiger partial charge in [-0.05, 0) is 55.0 Å². The van der Waals surface area contributed by atoms with E-state index in [9.17, 15) is 10.1 Å². The Kier molecular flexibility index (Phi) is 8.08. The van der Waals surface area contributed by atoms with Gasteiger partial charge in [-0.3, -0.25) is 14.7 Å². The number of nitrogens with zero attached hydrogens (tertiary/aromatic N) is 7. The second-order valence-corrected chi connectivity index (χ2v) is 10.6. The van der Waals surface area contributed by atoms with Gasteiger partial charge in [-0.15, -0.1) is 0 Å². The largest absolute Gasteiger partial charge is 0.351 e. The summed E-state index contributed by atoms with van der Waals surface area (Å²) >= 11 is 0. The lowest BCUT2D eigenvalue weighted by Gasteiger charge is -2.37. The number of carbonyl (C=O) groups excluding carboxylic acids is 1. The number of aryl methyl sites for hydroxylation is 1. The quantitative estimate of drug-likeness (QED) is 0.230. The number of urea groups is 1. The normalized spacial score (nSPS) is 16.3. The third kappa shape index (κ3) is 6.38. The molecule has 1 saturated carbocycles. The summed E-state index contributed by atoms with van der Waals surface area (Å²) < 4.78 is 1.78. The van der Waals surface area contributed by atoms with Gasteiger partial charge in [0.15, 0.2) is 0 Å². The SMILES string of the molecule is Cn1cc(-c2ccc(N(C(=O)NCc3ccccc3)[C@H]3CC[C@H](Nc4ncc(C#N)c(-c5cc[nH]n5)n4)CC3)cc2)cn1. The second-order valence-electron chi connectivity index (χ2n) is 10.6. The van der Waals surface area contributed by atoms with Crippen LogP contribution in [0.3, 0.4) is 0 Å². The van der Waals surface area contributed by atoms with Gasteiger partial charge < -0.3 is 10.6 Å². The van der Waals surface area contributed by atoms with E-state index < -0.39 is 0 Å². The van der Waals surface area contributed by atoms with Crippen LogP contribution in [0.1, 0.15) is 36.8 Å². The van der Waals surface area contributed by atoms with Crippen molar-refractivity contribution in [2.24, 2.45) is 7.05 Å². The van der Waals surface area contributed by atoms with Crippen molar-refractivity contribution in [2.75, 3.05) is 10.2 Å². The molecular weight excluding hydrogens is 540 g/mol. The fourth-order valence-electron chi connectivity index (χ4n) is 5.52. The van der Waals surface area contributed by atoms with Crippen LogP contribution in [0.2, 0.25) is 0 Å². The molecule has 11 heteroatoms. The molecule has 0 aliphatic heterocycles.